The summed E-state index contributed by atoms with van der Waals surface area (Å²) in [5, 5.41) is 0.740. The van der Waals surface area contributed by atoms with Gasteiger partial charge in [-0.2, -0.15) is 8.42 Å². The number of hydrogen-bond acceptors (Lipinski definition) is 4. The van der Waals surface area contributed by atoms with Crippen LogP contribution < -0.4 is 0 Å². The first-order valence-corrected chi connectivity index (χ1v) is 8.59. The zero-order chi connectivity index (χ0) is 16.2. The highest BCUT2D eigenvalue weighted by Gasteiger charge is 2.21. The summed E-state index contributed by atoms with van der Waals surface area (Å²) in [6.45, 7) is 0. The molecule has 0 bridgehead atoms. The van der Waals surface area contributed by atoms with E-state index in [0.29, 0.717) is 0 Å². The predicted molar refractivity (Wildman–Crippen MR) is 85.3 cm³/mol. The molecule has 0 saturated carbocycles. The molecule has 0 aliphatic heterocycles. The fourth-order valence-electron chi connectivity index (χ4n) is 1.71. The number of carbonyl (C=O) groups excluding carboxylic acids is 1. The third-order valence-corrected chi connectivity index (χ3v) is 4.66. The van der Waals surface area contributed by atoms with Crippen molar-refractivity contribution < 1.29 is 17.5 Å². The monoisotopic (exact) mass is 383 g/mol. The van der Waals surface area contributed by atoms with E-state index in [1.807, 2.05) is 18.2 Å². The maximum Gasteiger partial charge on any atom is 0.317 e. The number of likely N-dealkylation sites (N-methyl/N-ethyl adjacent to an activating group) is 1. The summed E-state index contributed by atoms with van der Waals surface area (Å²) in [7, 11) is -2.75. The Kier molecular flexibility index (Phi) is 5.33. The van der Waals surface area contributed by atoms with Crippen molar-refractivity contribution in [1.82, 2.24) is 5.06 Å². The van der Waals surface area contributed by atoms with E-state index in [1.165, 1.54) is 19.2 Å². The maximum atomic E-state index is 12.1. The minimum absolute atomic E-state index is 0.0185. The Morgan fingerprint density at radius 1 is 1.09 bits per heavy atom. The molecule has 2 aromatic carbocycles. The Hall–Kier alpha value is -1.70. The fraction of sp³-hybridized carbons (Fsp3) is 0.133. The summed E-state index contributed by atoms with van der Waals surface area (Å²) in [6.07, 6.45) is 0.0627. The molecule has 2 rings (SSSR count). The summed E-state index contributed by atoms with van der Waals surface area (Å²) >= 11 is 3.22. The van der Waals surface area contributed by atoms with Crippen LogP contribution in [0.3, 0.4) is 0 Å². The molecule has 0 aliphatic rings. The van der Waals surface area contributed by atoms with Crippen LogP contribution in [0.1, 0.15) is 5.56 Å². The van der Waals surface area contributed by atoms with E-state index >= 15 is 0 Å². The first-order chi connectivity index (χ1) is 10.4. The number of nitrogens with zero attached hydrogens (tertiary/aromatic N) is 1. The van der Waals surface area contributed by atoms with Gasteiger partial charge in [-0.15, -0.1) is 4.28 Å². The van der Waals surface area contributed by atoms with Gasteiger partial charge in [-0.05, 0) is 29.8 Å². The third-order valence-electron chi connectivity index (χ3n) is 2.86. The Balaban J connectivity index is 2.05. The lowest BCUT2D eigenvalue weighted by Gasteiger charge is -2.16. The molecule has 1 amide bonds. The van der Waals surface area contributed by atoms with Gasteiger partial charge in [0.2, 0.25) is 0 Å². The molecular formula is C15H14BrNO4S. The molecule has 0 heterocycles. The Labute approximate surface area is 137 Å². The molecule has 116 valence electrons. The Morgan fingerprint density at radius 2 is 1.68 bits per heavy atom. The Morgan fingerprint density at radius 3 is 2.27 bits per heavy atom. The average Bonchev–Trinajstić information content (AvgIpc) is 2.48. The van der Waals surface area contributed by atoms with Crippen LogP contribution in [-0.4, -0.2) is 26.4 Å². The van der Waals surface area contributed by atoms with E-state index in [2.05, 4.69) is 15.9 Å². The van der Waals surface area contributed by atoms with Gasteiger partial charge < -0.3 is 0 Å². The van der Waals surface area contributed by atoms with Crippen molar-refractivity contribution in [3.05, 3.63) is 64.6 Å². The van der Waals surface area contributed by atoms with Crippen molar-refractivity contribution >= 4 is 32.0 Å². The van der Waals surface area contributed by atoms with Gasteiger partial charge in [-0.1, -0.05) is 46.3 Å². The number of halogens is 1. The van der Waals surface area contributed by atoms with Crippen molar-refractivity contribution in [2.45, 2.75) is 11.3 Å². The molecule has 0 spiro atoms. The standard InChI is InChI=1S/C15H14BrNO4S/c1-17(15(18)11-12-5-3-2-4-6-12)21-22(19,20)14-9-7-13(16)8-10-14/h2-10H,11H2,1H3. The second-order valence-corrected chi connectivity index (χ2v) is 6.98. The van der Waals surface area contributed by atoms with Gasteiger partial charge in [0, 0.05) is 11.5 Å². The van der Waals surface area contributed by atoms with E-state index in [4.69, 9.17) is 4.28 Å². The summed E-state index contributed by atoms with van der Waals surface area (Å²) in [6, 6.07) is 15.0. The molecule has 5 nitrogen and oxygen atoms in total. The van der Waals surface area contributed by atoms with Crippen molar-refractivity contribution in [2.75, 3.05) is 7.05 Å². The molecular weight excluding hydrogens is 370 g/mol. The largest absolute Gasteiger partial charge is 0.317 e. The lowest BCUT2D eigenvalue weighted by atomic mass is 10.1. The molecule has 2 aromatic rings. The van der Waals surface area contributed by atoms with E-state index in [-0.39, 0.29) is 11.3 Å². The number of hydrogen-bond donors (Lipinski definition) is 0. The van der Waals surface area contributed by atoms with Crippen LogP contribution in [0.4, 0.5) is 0 Å². The molecule has 0 aliphatic carbocycles. The average molecular weight is 384 g/mol. The smallest absolute Gasteiger partial charge is 0.272 e. The molecule has 0 fully saturated rings. The fourth-order valence-corrected chi connectivity index (χ4v) is 2.91. The molecule has 7 heteroatoms. The number of carbonyl (C=O) groups is 1. The van der Waals surface area contributed by atoms with Crippen LogP contribution in [0.15, 0.2) is 64.0 Å². The molecule has 22 heavy (non-hydrogen) atoms. The second-order valence-electron chi connectivity index (χ2n) is 4.54. The zero-order valence-electron chi connectivity index (χ0n) is 11.8. The highest BCUT2D eigenvalue weighted by molar-refractivity contribution is 9.10. The van der Waals surface area contributed by atoms with Gasteiger partial charge in [0.1, 0.15) is 0 Å². The number of rotatable bonds is 5. The quantitative estimate of drug-likeness (QED) is 0.744. The van der Waals surface area contributed by atoms with Crippen LogP contribution in [0, 0.1) is 0 Å². The van der Waals surface area contributed by atoms with Crippen molar-refractivity contribution in [3.8, 4) is 0 Å². The minimum Gasteiger partial charge on any atom is -0.272 e. The lowest BCUT2D eigenvalue weighted by Crippen LogP contribution is -2.31. The van der Waals surface area contributed by atoms with Gasteiger partial charge >= 0.3 is 10.1 Å². The van der Waals surface area contributed by atoms with E-state index < -0.39 is 16.0 Å². The summed E-state index contributed by atoms with van der Waals surface area (Å²) in [5.41, 5.74) is 0.781. The van der Waals surface area contributed by atoms with Crippen molar-refractivity contribution in [1.29, 1.82) is 0 Å². The SMILES string of the molecule is CN(OS(=O)(=O)c1ccc(Br)cc1)C(=O)Cc1ccccc1. The highest BCUT2D eigenvalue weighted by atomic mass is 79.9. The van der Waals surface area contributed by atoms with Crippen molar-refractivity contribution in [2.24, 2.45) is 0 Å². The minimum atomic E-state index is -4.03. The van der Waals surface area contributed by atoms with Gasteiger partial charge in [-0.3, -0.25) is 4.79 Å². The first kappa shape index (κ1) is 16.7. The molecule has 0 saturated heterocycles. The van der Waals surface area contributed by atoms with E-state index in [1.54, 1.807) is 24.3 Å². The predicted octanol–water partition coefficient (Wildman–Crippen LogP) is 2.77. The molecule has 0 radical (unpaired) electrons. The first-order valence-electron chi connectivity index (χ1n) is 6.39. The van der Waals surface area contributed by atoms with Crippen LogP contribution >= 0.6 is 15.9 Å². The van der Waals surface area contributed by atoms with Gasteiger partial charge in [0.15, 0.2) is 0 Å². The number of hydroxylamine groups is 2. The third kappa shape index (κ3) is 4.40. The summed E-state index contributed by atoms with van der Waals surface area (Å²) < 4.78 is 29.7. The zero-order valence-corrected chi connectivity index (χ0v) is 14.2. The number of amides is 1. The molecule has 0 aromatic heterocycles. The maximum absolute atomic E-state index is 12.1. The van der Waals surface area contributed by atoms with Gasteiger partial charge in [-0.25, -0.2) is 5.06 Å². The summed E-state index contributed by atoms with van der Waals surface area (Å²) in [5.74, 6) is -0.452. The second kappa shape index (κ2) is 7.04. The van der Waals surface area contributed by atoms with Crippen LogP contribution in [0.25, 0.3) is 0 Å². The summed E-state index contributed by atoms with van der Waals surface area (Å²) in [4.78, 5) is 12.0. The van der Waals surface area contributed by atoms with Crippen molar-refractivity contribution in [3.63, 3.8) is 0 Å². The van der Waals surface area contributed by atoms with Crippen LogP contribution in [0.2, 0.25) is 0 Å². The Bertz CT molecular complexity index is 745. The molecule has 0 unspecified atom stereocenters. The van der Waals surface area contributed by atoms with Crippen LogP contribution in [0.5, 0.6) is 0 Å². The van der Waals surface area contributed by atoms with E-state index in [0.717, 1.165) is 15.1 Å². The molecule has 0 N–H and O–H groups in total. The van der Waals surface area contributed by atoms with Gasteiger partial charge in [0.05, 0.1) is 11.3 Å². The highest BCUT2D eigenvalue weighted by Crippen LogP contribution is 2.17. The molecule has 0 atom stereocenters. The van der Waals surface area contributed by atoms with E-state index in [9.17, 15) is 13.2 Å². The topological polar surface area (TPSA) is 63.7 Å². The number of benzene rings is 2. The van der Waals surface area contributed by atoms with Gasteiger partial charge in [0.25, 0.3) is 5.91 Å². The lowest BCUT2D eigenvalue weighted by molar-refractivity contribution is -0.150. The normalized spacial score (nSPS) is 11.2. The van der Waals surface area contributed by atoms with Crippen LogP contribution in [-0.2, 0) is 25.6 Å².